The van der Waals surface area contributed by atoms with Crippen LogP contribution in [0.3, 0.4) is 0 Å². The summed E-state index contributed by atoms with van der Waals surface area (Å²) in [5.74, 6) is -0.289. The van der Waals surface area contributed by atoms with Gasteiger partial charge < -0.3 is 5.32 Å². The van der Waals surface area contributed by atoms with Crippen LogP contribution in [-0.4, -0.2) is 26.4 Å². The molecule has 0 aromatic heterocycles. The SMILES string of the molecule is C[C@H](NS(=O)(=O)c1cccc(Cl)c1)C(=O)NC1CCCCCC1. The van der Waals surface area contributed by atoms with Gasteiger partial charge in [0.25, 0.3) is 0 Å². The van der Waals surface area contributed by atoms with E-state index in [-0.39, 0.29) is 16.8 Å². The third kappa shape index (κ3) is 5.48. The first-order valence-electron chi connectivity index (χ1n) is 7.97. The second-order valence-electron chi connectivity index (χ2n) is 6.00. The van der Waals surface area contributed by atoms with Gasteiger partial charge in [-0.2, -0.15) is 4.72 Å². The van der Waals surface area contributed by atoms with Crippen molar-refractivity contribution in [2.45, 2.75) is 62.4 Å². The van der Waals surface area contributed by atoms with Crippen molar-refractivity contribution < 1.29 is 13.2 Å². The number of hydrogen-bond donors (Lipinski definition) is 2. The van der Waals surface area contributed by atoms with Crippen LogP contribution in [0.2, 0.25) is 5.02 Å². The van der Waals surface area contributed by atoms with Gasteiger partial charge in [0.1, 0.15) is 0 Å². The molecule has 1 aromatic carbocycles. The van der Waals surface area contributed by atoms with Gasteiger partial charge in [-0.15, -0.1) is 0 Å². The van der Waals surface area contributed by atoms with Gasteiger partial charge in [-0.25, -0.2) is 8.42 Å². The second-order valence-corrected chi connectivity index (χ2v) is 8.15. The van der Waals surface area contributed by atoms with E-state index in [0.29, 0.717) is 5.02 Å². The smallest absolute Gasteiger partial charge is 0.241 e. The molecule has 0 bridgehead atoms. The Morgan fingerprint density at radius 3 is 2.48 bits per heavy atom. The summed E-state index contributed by atoms with van der Waals surface area (Å²) >= 11 is 5.82. The van der Waals surface area contributed by atoms with Gasteiger partial charge in [-0.1, -0.05) is 43.4 Å². The molecule has 1 aliphatic carbocycles. The van der Waals surface area contributed by atoms with Crippen LogP contribution >= 0.6 is 11.6 Å². The number of benzene rings is 1. The van der Waals surface area contributed by atoms with E-state index in [4.69, 9.17) is 11.6 Å². The number of carbonyl (C=O) groups excluding carboxylic acids is 1. The van der Waals surface area contributed by atoms with E-state index < -0.39 is 16.1 Å². The average molecular weight is 359 g/mol. The van der Waals surface area contributed by atoms with Crippen molar-refractivity contribution in [1.82, 2.24) is 10.0 Å². The Balaban J connectivity index is 1.96. The highest BCUT2D eigenvalue weighted by Gasteiger charge is 2.24. The second kappa shape index (κ2) is 8.13. The third-order valence-electron chi connectivity index (χ3n) is 4.03. The van der Waals surface area contributed by atoms with Crippen LogP contribution in [0.25, 0.3) is 0 Å². The molecule has 1 saturated carbocycles. The van der Waals surface area contributed by atoms with Crippen molar-refractivity contribution in [3.05, 3.63) is 29.3 Å². The first-order valence-corrected chi connectivity index (χ1v) is 9.83. The van der Waals surface area contributed by atoms with Crippen molar-refractivity contribution in [2.75, 3.05) is 0 Å². The molecule has 23 heavy (non-hydrogen) atoms. The predicted octanol–water partition coefficient (Wildman–Crippen LogP) is 2.85. The molecule has 2 N–H and O–H groups in total. The summed E-state index contributed by atoms with van der Waals surface area (Å²) in [7, 11) is -3.77. The van der Waals surface area contributed by atoms with Gasteiger partial charge in [0.15, 0.2) is 0 Å². The number of carbonyl (C=O) groups is 1. The van der Waals surface area contributed by atoms with Crippen LogP contribution in [0.5, 0.6) is 0 Å². The summed E-state index contributed by atoms with van der Waals surface area (Å²) in [4.78, 5) is 12.3. The molecule has 1 fully saturated rings. The summed E-state index contributed by atoms with van der Waals surface area (Å²) < 4.78 is 27.0. The fourth-order valence-electron chi connectivity index (χ4n) is 2.74. The maximum atomic E-state index is 12.3. The Bertz CT molecular complexity index is 640. The largest absolute Gasteiger partial charge is 0.352 e. The Hall–Kier alpha value is -1.11. The Labute approximate surface area is 142 Å². The van der Waals surface area contributed by atoms with Crippen molar-refractivity contribution in [3.8, 4) is 0 Å². The minimum absolute atomic E-state index is 0.0547. The summed E-state index contributed by atoms with van der Waals surface area (Å²) in [6, 6.07) is 5.28. The van der Waals surface area contributed by atoms with E-state index in [2.05, 4.69) is 10.0 Å². The molecule has 7 heteroatoms. The summed E-state index contributed by atoms with van der Waals surface area (Å²) in [5.41, 5.74) is 0. The molecular formula is C16H23ClN2O3S. The van der Waals surface area contributed by atoms with E-state index in [1.54, 1.807) is 19.1 Å². The maximum Gasteiger partial charge on any atom is 0.241 e. The number of sulfonamides is 1. The molecule has 1 aromatic rings. The Morgan fingerprint density at radius 2 is 1.87 bits per heavy atom. The third-order valence-corrected chi connectivity index (χ3v) is 5.81. The van der Waals surface area contributed by atoms with Crippen LogP contribution in [0, 0.1) is 0 Å². The average Bonchev–Trinajstić information content (AvgIpc) is 2.75. The van der Waals surface area contributed by atoms with Crippen molar-refractivity contribution in [2.24, 2.45) is 0 Å². The summed E-state index contributed by atoms with van der Waals surface area (Å²) in [5, 5.41) is 3.29. The minimum atomic E-state index is -3.77. The van der Waals surface area contributed by atoms with Crippen LogP contribution < -0.4 is 10.0 Å². The van der Waals surface area contributed by atoms with Crippen LogP contribution in [0.4, 0.5) is 0 Å². The van der Waals surface area contributed by atoms with Crippen molar-refractivity contribution in [3.63, 3.8) is 0 Å². The number of rotatable bonds is 5. The zero-order valence-corrected chi connectivity index (χ0v) is 14.8. The molecule has 0 spiro atoms. The van der Waals surface area contributed by atoms with Gasteiger partial charge >= 0.3 is 0 Å². The van der Waals surface area contributed by atoms with Crippen LogP contribution in [0.1, 0.15) is 45.4 Å². The van der Waals surface area contributed by atoms with Crippen LogP contribution in [-0.2, 0) is 14.8 Å². The van der Waals surface area contributed by atoms with E-state index in [1.165, 1.54) is 25.0 Å². The summed E-state index contributed by atoms with van der Waals surface area (Å²) in [6.07, 6.45) is 6.52. The normalized spacial score (nSPS) is 18.2. The fraction of sp³-hybridized carbons (Fsp3) is 0.562. The Kier molecular flexibility index (Phi) is 6.44. The highest BCUT2D eigenvalue weighted by atomic mass is 35.5. The highest BCUT2D eigenvalue weighted by molar-refractivity contribution is 7.89. The summed E-state index contributed by atoms with van der Waals surface area (Å²) in [6.45, 7) is 1.55. The monoisotopic (exact) mass is 358 g/mol. The molecule has 0 aliphatic heterocycles. The molecule has 1 atom stereocenters. The topological polar surface area (TPSA) is 75.3 Å². The lowest BCUT2D eigenvalue weighted by Gasteiger charge is -2.20. The number of nitrogens with one attached hydrogen (secondary N) is 2. The van der Waals surface area contributed by atoms with E-state index in [1.807, 2.05) is 0 Å². The molecule has 2 rings (SSSR count). The van der Waals surface area contributed by atoms with Gasteiger partial charge in [0, 0.05) is 11.1 Å². The lowest BCUT2D eigenvalue weighted by molar-refractivity contribution is -0.123. The van der Waals surface area contributed by atoms with E-state index >= 15 is 0 Å². The number of halogens is 1. The fourth-order valence-corrected chi connectivity index (χ4v) is 4.24. The molecular weight excluding hydrogens is 336 g/mol. The molecule has 0 heterocycles. The molecule has 0 radical (unpaired) electrons. The molecule has 1 amide bonds. The van der Waals surface area contributed by atoms with Crippen molar-refractivity contribution >= 4 is 27.5 Å². The van der Waals surface area contributed by atoms with E-state index in [9.17, 15) is 13.2 Å². The Morgan fingerprint density at radius 1 is 1.22 bits per heavy atom. The molecule has 0 saturated heterocycles. The standard InChI is InChI=1S/C16H23ClN2O3S/c1-12(16(20)18-14-8-4-2-3-5-9-14)19-23(21,22)15-10-6-7-13(17)11-15/h6-7,10-12,14,19H,2-5,8-9H2,1H3,(H,18,20)/t12-/m0/s1. The number of hydrogen-bond acceptors (Lipinski definition) is 3. The minimum Gasteiger partial charge on any atom is -0.352 e. The first-order chi connectivity index (χ1) is 10.9. The van der Waals surface area contributed by atoms with Gasteiger partial charge in [-0.3, -0.25) is 4.79 Å². The zero-order valence-electron chi connectivity index (χ0n) is 13.2. The maximum absolute atomic E-state index is 12.3. The van der Waals surface area contributed by atoms with E-state index in [0.717, 1.165) is 25.7 Å². The van der Waals surface area contributed by atoms with Crippen molar-refractivity contribution in [1.29, 1.82) is 0 Å². The van der Waals surface area contributed by atoms with Crippen LogP contribution in [0.15, 0.2) is 29.2 Å². The van der Waals surface area contributed by atoms with Gasteiger partial charge in [0.05, 0.1) is 10.9 Å². The predicted molar refractivity (Wildman–Crippen MR) is 90.9 cm³/mol. The molecule has 5 nitrogen and oxygen atoms in total. The van der Waals surface area contributed by atoms with Gasteiger partial charge in [-0.05, 0) is 38.0 Å². The lowest BCUT2D eigenvalue weighted by Crippen LogP contribution is -2.47. The molecule has 128 valence electrons. The quantitative estimate of drug-likeness (QED) is 0.795. The number of amides is 1. The van der Waals surface area contributed by atoms with Gasteiger partial charge in [0.2, 0.25) is 15.9 Å². The molecule has 0 unspecified atom stereocenters. The highest BCUT2D eigenvalue weighted by Crippen LogP contribution is 2.18. The molecule has 1 aliphatic rings. The zero-order chi connectivity index (χ0) is 16.9. The lowest BCUT2D eigenvalue weighted by atomic mass is 10.1. The first kappa shape index (κ1) is 18.2.